The van der Waals surface area contributed by atoms with Gasteiger partial charge in [0.2, 0.25) is 0 Å². The summed E-state index contributed by atoms with van der Waals surface area (Å²) in [6, 6.07) is 104. The van der Waals surface area contributed by atoms with Gasteiger partial charge >= 0.3 is 0 Å². The van der Waals surface area contributed by atoms with Crippen LogP contribution in [0.3, 0.4) is 0 Å². The summed E-state index contributed by atoms with van der Waals surface area (Å²) < 4.78 is 2.64. The topological polar surface area (TPSA) is 6.48 Å². The molecule has 12 aromatic carbocycles. The van der Waals surface area contributed by atoms with Crippen LogP contribution in [0.1, 0.15) is 22.3 Å². The Hall–Kier alpha value is -9.54. The molecule has 0 fully saturated rings. The quantitative estimate of drug-likeness (QED) is 0.170. The molecule has 1 aliphatic heterocycles. The molecule has 2 aliphatic carbocycles. The van der Waals surface area contributed by atoms with Crippen LogP contribution in [0.15, 0.2) is 279 Å². The highest BCUT2D eigenvalue weighted by Gasteiger charge is 2.50. The number of para-hydroxylation sites is 4. The van der Waals surface area contributed by atoms with Gasteiger partial charge in [-0.05, 0) is 145 Å². The van der Waals surface area contributed by atoms with E-state index in [1.165, 1.54) is 98.1 Å². The first kappa shape index (κ1) is 42.9. The molecule has 76 heavy (non-hydrogen) atoms. The molecule has 2 heterocycles. The smallest absolute Gasteiger partial charge is 0.0725 e. The number of anilines is 6. The number of rotatable bonds is 5. The van der Waals surface area contributed by atoms with E-state index in [1.807, 2.05) is 11.3 Å². The van der Waals surface area contributed by atoms with E-state index in [2.05, 4.69) is 289 Å². The third-order valence-electron chi connectivity index (χ3n) is 16.4. The lowest BCUT2D eigenvalue weighted by atomic mass is 9.65. The first-order valence-electron chi connectivity index (χ1n) is 26.2. The highest BCUT2D eigenvalue weighted by Crippen LogP contribution is 2.63. The molecule has 0 bridgehead atoms. The molecule has 0 saturated carbocycles. The van der Waals surface area contributed by atoms with E-state index in [0.717, 1.165) is 45.3 Å². The van der Waals surface area contributed by atoms with E-state index in [9.17, 15) is 0 Å². The van der Waals surface area contributed by atoms with Crippen molar-refractivity contribution in [1.82, 2.24) is 0 Å². The summed E-state index contributed by atoms with van der Waals surface area (Å²) in [4.78, 5) is 4.94. The van der Waals surface area contributed by atoms with Gasteiger partial charge in [0, 0.05) is 53.9 Å². The molecule has 16 rings (SSSR count). The monoisotopic (exact) mass is 982 g/mol. The zero-order chi connectivity index (χ0) is 49.9. The Morgan fingerprint density at radius 2 is 0.776 bits per heavy atom. The summed E-state index contributed by atoms with van der Waals surface area (Å²) in [6.45, 7) is 0. The molecule has 1 unspecified atom stereocenters. The Kier molecular flexibility index (Phi) is 9.45. The van der Waals surface area contributed by atoms with E-state index in [4.69, 9.17) is 0 Å². The second kappa shape index (κ2) is 16.7. The third-order valence-corrected chi connectivity index (χ3v) is 17.6. The lowest BCUT2D eigenvalue weighted by Gasteiger charge is -2.36. The summed E-state index contributed by atoms with van der Waals surface area (Å²) in [6.07, 6.45) is 0. The number of fused-ring (bicyclic) bond motifs is 20. The molecule has 1 atom stereocenters. The highest BCUT2D eigenvalue weighted by atomic mass is 32.1. The first-order valence-corrected chi connectivity index (χ1v) is 27.1. The summed E-state index contributed by atoms with van der Waals surface area (Å²) >= 11 is 1.90. The van der Waals surface area contributed by atoms with Gasteiger partial charge in [-0.15, -0.1) is 11.3 Å². The number of hydrogen-bond donors (Lipinski definition) is 0. The normalized spacial score (nSPS) is 14.3. The molecular formula is C73H46N2S. The van der Waals surface area contributed by atoms with Crippen molar-refractivity contribution in [2.24, 2.45) is 0 Å². The van der Waals surface area contributed by atoms with Crippen molar-refractivity contribution in [1.29, 1.82) is 0 Å². The predicted octanol–water partition coefficient (Wildman–Crippen LogP) is 20.3. The van der Waals surface area contributed by atoms with Crippen LogP contribution in [0, 0.1) is 0 Å². The van der Waals surface area contributed by atoms with Gasteiger partial charge in [0.25, 0.3) is 0 Å². The minimum Gasteiger partial charge on any atom is -0.310 e. The van der Waals surface area contributed by atoms with Gasteiger partial charge in [-0.25, -0.2) is 0 Å². The number of nitrogens with zero attached hydrogens (tertiary/aromatic N) is 2. The molecule has 2 nitrogen and oxygen atoms in total. The number of benzene rings is 12. The van der Waals surface area contributed by atoms with Crippen LogP contribution in [-0.4, -0.2) is 0 Å². The molecule has 3 heteroatoms. The van der Waals surface area contributed by atoms with Gasteiger partial charge in [0.05, 0.1) is 22.5 Å². The molecule has 354 valence electrons. The summed E-state index contributed by atoms with van der Waals surface area (Å²) in [7, 11) is 0. The van der Waals surface area contributed by atoms with Crippen molar-refractivity contribution in [2.45, 2.75) is 5.41 Å². The lowest BCUT2D eigenvalue weighted by Crippen LogP contribution is -2.29. The second-order valence-electron chi connectivity index (χ2n) is 20.3. The average Bonchev–Trinajstić information content (AvgIpc) is 4.08. The van der Waals surface area contributed by atoms with Crippen LogP contribution in [0.25, 0.3) is 86.9 Å². The fraction of sp³-hybridized carbons (Fsp3) is 0.0137. The standard InChI is InChI=1S/C73H46N2S/c1-3-21-47(22-4-1)51-25-11-17-35-68(51)74(49-39-41-54-57-30-12-18-36-69(57)75(48-23-5-2-6-24-48)70-37-19-13-31-58(70)60(54)43-49)50-40-42-66-61(44-50)53-27-8-7-26-52(53)55-28-9-15-33-64(55)73(66)65-34-16-10-29-56(65)62-46-72-63(45-67(62)73)59-32-14-20-38-71(59)76-72/h1-46H. The van der Waals surface area contributed by atoms with E-state index >= 15 is 0 Å². The first-order chi connectivity index (χ1) is 37.7. The van der Waals surface area contributed by atoms with Crippen molar-refractivity contribution >= 4 is 65.6 Å². The number of hydrogen-bond acceptors (Lipinski definition) is 3. The molecule has 0 radical (unpaired) electrons. The van der Waals surface area contributed by atoms with Crippen LogP contribution >= 0.6 is 11.3 Å². The molecule has 1 spiro atoms. The van der Waals surface area contributed by atoms with Gasteiger partial charge in [-0.1, -0.05) is 206 Å². The third kappa shape index (κ3) is 6.15. The van der Waals surface area contributed by atoms with Crippen LogP contribution in [0.4, 0.5) is 34.1 Å². The Labute approximate surface area is 446 Å². The van der Waals surface area contributed by atoms with E-state index in [0.29, 0.717) is 0 Å². The van der Waals surface area contributed by atoms with Gasteiger partial charge in [-0.3, -0.25) is 0 Å². The van der Waals surface area contributed by atoms with Crippen LogP contribution in [-0.2, 0) is 5.41 Å². The Bertz CT molecular complexity index is 4490. The Morgan fingerprint density at radius 3 is 1.50 bits per heavy atom. The fourth-order valence-corrected chi connectivity index (χ4v) is 14.4. The van der Waals surface area contributed by atoms with Gasteiger partial charge < -0.3 is 9.80 Å². The minimum absolute atomic E-state index is 0.634. The SMILES string of the molecule is c1ccc(-c2ccccc2N(c2ccc3c(c2)-c2ccccc2N(c2ccccc2)c2ccccc2-3)c2ccc3c(c2)-c2ccccc2-c2ccccc2C32c3ccccc3-c3cc4sc5ccccc5c4cc32)cc1. The molecule has 0 N–H and O–H groups in total. The summed E-state index contributed by atoms with van der Waals surface area (Å²) in [5, 5.41) is 2.62. The van der Waals surface area contributed by atoms with Crippen LogP contribution < -0.4 is 9.80 Å². The average molecular weight is 983 g/mol. The van der Waals surface area contributed by atoms with Gasteiger partial charge in [0.1, 0.15) is 0 Å². The van der Waals surface area contributed by atoms with Crippen molar-refractivity contribution in [2.75, 3.05) is 9.80 Å². The van der Waals surface area contributed by atoms with E-state index in [1.54, 1.807) is 0 Å². The van der Waals surface area contributed by atoms with Crippen molar-refractivity contribution in [3.05, 3.63) is 301 Å². The molecule has 1 aromatic heterocycles. The maximum Gasteiger partial charge on any atom is 0.0725 e. The summed E-state index contributed by atoms with van der Waals surface area (Å²) in [5.74, 6) is 0. The number of thiophene rings is 1. The molecule has 0 saturated heterocycles. The Morgan fingerprint density at radius 1 is 0.289 bits per heavy atom. The largest absolute Gasteiger partial charge is 0.310 e. The van der Waals surface area contributed by atoms with Crippen molar-refractivity contribution in [3.8, 4) is 66.8 Å². The van der Waals surface area contributed by atoms with Crippen molar-refractivity contribution in [3.63, 3.8) is 0 Å². The van der Waals surface area contributed by atoms with Crippen molar-refractivity contribution < 1.29 is 0 Å². The zero-order valence-corrected chi connectivity index (χ0v) is 42.2. The molecule has 0 amide bonds. The van der Waals surface area contributed by atoms with Crippen LogP contribution in [0.2, 0.25) is 0 Å². The Balaban J connectivity index is 0.991. The maximum atomic E-state index is 2.56. The highest BCUT2D eigenvalue weighted by molar-refractivity contribution is 7.25. The minimum atomic E-state index is -0.634. The predicted molar refractivity (Wildman–Crippen MR) is 320 cm³/mol. The van der Waals surface area contributed by atoms with E-state index < -0.39 is 5.41 Å². The van der Waals surface area contributed by atoms with Crippen LogP contribution in [0.5, 0.6) is 0 Å². The second-order valence-corrected chi connectivity index (χ2v) is 21.3. The molecular weight excluding hydrogens is 937 g/mol. The fourth-order valence-electron chi connectivity index (χ4n) is 13.3. The van der Waals surface area contributed by atoms with Gasteiger partial charge in [-0.2, -0.15) is 0 Å². The maximum absolute atomic E-state index is 2.56. The summed E-state index contributed by atoms with van der Waals surface area (Å²) in [5.41, 5.74) is 25.9. The molecule has 13 aromatic rings. The molecule has 3 aliphatic rings. The van der Waals surface area contributed by atoms with Gasteiger partial charge in [0.15, 0.2) is 0 Å². The van der Waals surface area contributed by atoms with E-state index in [-0.39, 0.29) is 0 Å². The zero-order valence-electron chi connectivity index (χ0n) is 41.4. The lowest BCUT2D eigenvalue weighted by molar-refractivity contribution is 0.776.